The standard InChI is InChI=1S/C25H27ClFN7O3/c1-15(17-4-3-13-28-20(17)26)37-23(36)31-21-19(32-33-34(21)2)18-6-5-16(14-29-18)30-22(35)24-7-10-25(27,11-8-24)12-9-24/h3-6,13-15H,7-12H2,1-2H3,(H,30,35)(H,31,36)/t15-,24?,25?/m1/s1. The van der Waals surface area contributed by atoms with E-state index in [1.165, 1.54) is 10.9 Å². The summed E-state index contributed by atoms with van der Waals surface area (Å²) in [6.45, 7) is 1.69. The van der Waals surface area contributed by atoms with E-state index in [9.17, 15) is 14.0 Å². The molecule has 3 aromatic heterocycles. The Labute approximate surface area is 218 Å². The van der Waals surface area contributed by atoms with Crippen LogP contribution in [-0.2, 0) is 16.6 Å². The Bertz CT molecular complexity index is 1310. The van der Waals surface area contributed by atoms with Gasteiger partial charge in [0.2, 0.25) is 5.91 Å². The van der Waals surface area contributed by atoms with Crippen molar-refractivity contribution in [3.05, 3.63) is 47.4 Å². The van der Waals surface area contributed by atoms with Crippen LogP contribution in [0.2, 0.25) is 5.15 Å². The predicted octanol–water partition coefficient (Wildman–Crippen LogP) is 5.24. The number of carbonyl (C=O) groups excluding carboxylic acids is 2. The molecular formula is C25H27ClFN7O3. The molecule has 0 saturated heterocycles. The molecule has 0 aromatic carbocycles. The number of aromatic nitrogens is 5. The van der Waals surface area contributed by atoms with Crippen LogP contribution in [0.5, 0.6) is 0 Å². The monoisotopic (exact) mass is 527 g/mol. The van der Waals surface area contributed by atoms with E-state index < -0.39 is 23.3 Å². The molecule has 0 radical (unpaired) electrons. The summed E-state index contributed by atoms with van der Waals surface area (Å²) in [5.41, 5.74) is 0.288. The first kappa shape index (κ1) is 25.1. The number of carbonyl (C=O) groups is 2. The van der Waals surface area contributed by atoms with Gasteiger partial charge in [0, 0.05) is 24.2 Å². The molecule has 0 unspecified atom stereocenters. The van der Waals surface area contributed by atoms with E-state index in [-0.39, 0.29) is 16.9 Å². The summed E-state index contributed by atoms with van der Waals surface area (Å²) in [6, 6.07) is 6.83. The number of alkyl halides is 1. The largest absolute Gasteiger partial charge is 0.441 e. The summed E-state index contributed by atoms with van der Waals surface area (Å²) in [4.78, 5) is 34.0. The second-order valence-electron chi connectivity index (χ2n) is 9.78. The highest BCUT2D eigenvalue weighted by Gasteiger charge is 2.52. The van der Waals surface area contributed by atoms with Crippen molar-refractivity contribution in [2.75, 3.05) is 10.6 Å². The number of pyridine rings is 2. The SMILES string of the molecule is C[C@@H](OC(=O)Nc1c(-c2ccc(NC(=O)C34CCC(F)(CC3)CC4)cn2)nnn1C)c1cccnc1Cl. The van der Waals surface area contributed by atoms with Gasteiger partial charge in [-0.15, -0.1) is 5.10 Å². The Morgan fingerprint density at radius 1 is 1.11 bits per heavy atom. The van der Waals surface area contributed by atoms with Crippen molar-refractivity contribution in [3.8, 4) is 11.4 Å². The lowest BCUT2D eigenvalue weighted by Gasteiger charge is -2.48. The van der Waals surface area contributed by atoms with Crippen molar-refractivity contribution in [1.82, 2.24) is 25.0 Å². The lowest BCUT2D eigenvalue weighted by molar-refractivity contribution is -0.135. The quantitative estimate of drug-likeness (QED) is 0.420. The van der Waals surface area contributed by atoms with Gasteiger partial charge in [-0.3, -0.25) is 15.1 Å². The van der Waals surface area contributed by atoms with Crippen molar-refractivity contribution in [2.45, 2.75) is 57.2 Å². The third-order valence-corrected chi connectivity index (χ3v) is 7.77. The number of rotatable bonds is 6. The van der Waals surface area contributed by atoms with E-state index in [1.54, 1.807) is 44.4 Å². The third kappa shape index (κ3) is 5.00. The molecule has 3 heterocycles. The number of anilines is 2. The van der Waals surface area contributed by atoms with Crippen molar-refractivity contribution in [2.24, 2.45) is 12.5 Å². The molecule has 2 bridgehead atoms. The van der Waals surface area contributed by atoms with Crippen LogP contribution in [0.4, 0.5) is 20.7 Å². The maximum Gasteiger partial charge on any atom is 0.413 e. The van der Waals surface area contributed by atoms with Gasteiger partial charge >= 0.3 is 6.09 Å². The lowest BCUT2D eigenvalue weighted by Crippen LogP contribution is -2.49. The third-order valence-electron chi connectivity index (χ3n) is 7.46. The molecule has 6 rings (SSSR count). The minimum absolute atomic E-state index is 0.0868. The van der Waals surface area contributed by atoms with E-state index in [2.05, 4.69) is 30.9 Å². The van der Waals surface area contributed by atoms with Gasteiger partial charge in [0.15, 0.2) is 11.5 Å². The van der Waals surface area contributed by atoms with E-state index >= 15 is 0 Å². The Hall–Kier alpha value is -3.60. The van der Waals surface area contributed by atoms with E-state index in [0.29, 0.717) is 61.2 Å². The molecule has 3 saturated carbocycles. The van der Waals surface area contributed by atoms with E-state index in [4.69, 9.17) is 16.3 Å². The minimum Gasteiger partial charge on any atom is -0.441 e. The number of hydrogen-bond donors (Lipinski definition) is 2. The zero-order chi connectivity index (χ0) is 26.2. The zero-order valence-electron chi connectivity index (χ0n) is 20.5. The molecule has 3 aromatic rings. The first-order valence-corrected chi connectivity index (χ1v) is 12.5. The molecule has 3 fully saturated rings. The van der Waals surface area contributed by atoms with Gasteiger partial charge in [0.1, 0.15) is 16.9 Å². The molecule has 2 N–H and O–H groups in total. The number of nitrogens with one attached hydrogen (secondary N) is 2. The number of fused-ring (bicyclic) bond motifs is 3. The second-order valence-corrected chi connectivity index (χ2v) is 10.1. The Morgan fingerprint density at radius 2 is 1.84 bits per heavy atom. The van der Waals surface area contributed by atoms with Gasteiger partial charge in [-0.05, 0) is 63.6 Å². The smallest absolute Gasteiger partial charge is 0.413 e. The van der Waals surface area contributed by atoms with Crippen molar-refractivity contribution in [3.63, 3.8) is 0 Å². The summed E-state index contributed by atoms with van der Waals surface area (Å²) in [7, 11) is 1.63. The van der Waals surface area contributed by atoms with Gasteiger partial charge in [-0.1, -0.05) is 22.9 Å². The van der Waals surface area contributed by atoms with Crippen LogP contribution in [-0.4, -0.2) is 42.6 Å². The zero-order valence-corrected chi connectivity index (χ0v) is 21.3. The molecule has 3 aliphatic carbocycles. The summed E-state index contributed by atoms with van der Waals surface area (Å²) in [5, 5.41) is 14.0. The van der Waals surface area contributed by atoms with E-state index in [1.807, 2.05) is 0 Å². The summed E-state index contributed by atoms with van der Waals surface area (Å²) in [6.07, 6.45) is 4.74. The van der Waals surface area contributed by atoms with Crippen LogP contribution < -0.4 is 10.6 Å². The Morgan fingerprint density at radius 3 is 2.49 bits per heavy atom. The maximum atomic E-state index is 14.5. The maximum absolute atomic E-state index is 14.5. The average molecular weight is 528 g/mol. The van der Waals surface area contributed by atoms with Crippen molar-refractivity contribution >= 4 is 35.1 Å². The van der Waals surface area contributed by atoms with Gasteiger partial charge in [-0.25, -0.2) is 18.9 Å². The molecule has 3 aliphatic rings. The Kier molecular flexibility index (Phi) is 6.57. The summed E-state index contributed by atoms with van der Waals surface area (Å²) in [5.74, 6) is 0.202. The number of aryl methyl sites for hydroxylation is 1. The number of nitrogens with zero attached hydrogens (tertiary/aromatic N) is 5. The van der Waals surface area contributed by atoms with Crippen LogP contribution in [0.1, 0.15) is 57.1 Å². The molecule has 12 heteroatoms. The first-order valence-electron chi connectivity index (χ1n) is 12.1. The van der Waals surface area contributed by atoms with E-state index in [0.717, 1.165) is 0 Å². The topological polar surface area (TPSA) is 124 Å². The van der Waals surface area contributed by atoms with Crippen LogP contribution >= 0.6 is 11.6 Å². The van der Waals surface area contributed by atoms with Crippen LogP contribution in [0, 0.1) is 5.41 Å². The highest BCUT2D eigenvalue weighted by atomic mass is 35.5. The Balaban J connectivity index is 1.25. The normalized spacial score (nSPS) is 23.4. The highest BCUT2D eigenvalue weighted by molar-refractivity contribution is 6.30. The number of amides is 2. The molecule has 0 spiro atoms. The van der Waals surface area contributed by atoms with Gasteiger partial charge in [0.25, 0.3) is 0 Å². The highest BCUT2D eigenvalue weighted by Crippen LogP contribution is 2.54. The first-order chi connectivity index (χ1) is 17.7. The summed E-state index contributed by atoms with van der Waals surface area (Å²) >= 11 is 6.09. The fraction of sp³-hybridized carbons (Fsp3) is 0.440. The molecular weight excluding hydrogens is 501 g/mol. The fourth-order valence-corrected chi connectivity index (χ4v) is 5.35. The van der Waals surface area contributed by atoms with Crippen LogP contribution in [0.15, 0.2) is 36.7 Å². The predicted molar refractivity (Wildman–Crippen MR) is 135 cm³/mol. The van der Waals surface area contributed by atoms with Crippen LogP contribution in [0.25, 0.3) is 11.4 Å². The molecule has 2 amide bonds. The van der Waals surface area contributed by atoms with Gasteiger partial charge in [-0.2, -0.15) is 0 Å². The average Bonchev–Trinajstić information content (AvgIpc) is 3.25. The minimum atomic E-state index is -1.09. The number of ether oxygens (including phenoxy) is 1. The number of halogens is 2. The molecule has 37 heavy (non-hydrogen) atoms. The molecule has 1 atom stereocenters. The fourth-order valence-electron chi connectivity index (χ4n) is 5.07. The van der Waals surface area contributed by atoms with Crippen LogP contribution in [0.3, 0.4) is 0 Å². The summed E-state index contributed by atoms with van der Waals surface area (Å²) < 4.78 is 21.3. The molecule has 194 valence electrons. The lowest BCUT2D eigenvalue weighted by atomic mass is 9.59. The van der Waals surface area contributed by atoms with Gasteiger partial charge in [0.05, 0.1) is 17.6 Å². The molecule has 0 aliphatic heterocycles. The van der Waals surface area contributed by atoms with Gasteiger partial charge < -0.3 is 10.1 Å². The van der Waals surface area contributed by atoms with Crippen molar-refractivity contribution < 1.29 is 18.7 Å². The van der Waals surface area contributed by atoms with Crippen molar-refractivity contribution in [1.29, 1.82) is 0 Å². The number of hydrogen-bond acceptors (Lipinski definition) is 7. The molecule has 10 nitrogen and oxygen atoms in total. The second kappa shape index (κ2) is 9.70.